The van der Waals surface area contributed by atoms with E-state index in [1.54, 1.807) is 6.20 Å². The van der Waals surface area contributed by atoms with Crippen molar-refractivity contribution in [2.24, 2.45) is 10.7 Å². The molecule has 36 heavy (non-hydrogen) atoms. The number of pyridine rings is 1. The largest absolute Gasteiger partial charge is 0.573 e. The molecule has 4 aromatic rings. The van der Waals surface area contributed by atoms with Crippen LogP contribution in [0.2, 0.25) is 0 Å². The minimum Gasteiger partial charge on any atom is -0.406 e. The van der Waals surface area contributed by atoms with Gasteiger partial charge in [0.05, 0.1) is 22.8 Å². The van der Waals surface area contributed by atoms with Crippen molar-refractivity contribution in [3.63, 3.8) is 0 Å². The molecule has 4 rings (SSSR count). The number of nitrogens with two attached hydrogens (primary N) is 1. The van der Waals surface area contributed by atoms with Gasteiger partial charge in [0, 0.05) is 30.1 Å². The first-order chi connectivity index (χ1) is 17.2. The second-order valence-electron chi connectivity index (χ2n) is 7.59. The molecule has 7 nitrogen and oxygen atoms in total. The number of aromatic nitrogens is 3. The summed E-state index contributed by atoms with van der Waals surface area (Å²) in [7, 11) is 0. The summed E-state index contributed by atoms with van der Waals surface area (Å²) in [4.78, 5) is 21.3. The third-order valence-electron chi connectivity index (χ3n) is 5.01. The standard InChI is InChI=1S/C26H20F3N5O2/c1-17-15-18(21-7-2-3-13-31-21)8-9-23(17)34-14-11-24(35)25(33-34)22(10-12-30)32-19-5-4-6-20(16-19)36-26(27,28)29/h2-16H,30H2,1H3. The van der Waals surface area contributed by atoms with Crippen LogP contribution in [0.5, 0.6) is 5.75 Å². The predicted octanol–water partition coefficient (Wildman–Crippen LogP) is 5.09. The molecule has 2 heterocycles. The summed E-state index contributed by atoms with van der Waals surface area (Å²) in [5.74, 6) is -0.443. The molecule has 0 amide bonds. The van der Waals surface area contributed by atoms with Crippen LogP contribution in [0.3, 0.4) is 0 Å². The van der Waals surface area contributed by atoms with Crippen molar-refractivity contribution in [3.8, 4) is 22.7 Å². The smallest absolute Gasteiger partial charge is 0.406 e. The lowest BCUT2D eigenvalue weighted by atomic mass is 10.1. The molecule has 0 aliphatic rings. The lowest BCUT2D eigenvalue weighted by molar-refractivity contribution is -0.274. The molecule has 0 saturated heterocycles. The van der Waals surface area contributed by atoms with Crippen LogP contribution in [0.15, 0.2) is 101 Å². The second-order valence-corrected chi connectivity index (χ2v) is 7.59. The minimum atomic E-state index is -4.85. The van der Waals surface area contributed by atoms with E-state index in [4.69, 9.17) is 5.73 Å². The van der Waals surface area contributed by atoms with Gasteiger partial charge in [0.15, 0.2) is 5.69 Å². The zero-order valence-electron chi connectivity index (χ0n) is 19.0. The summed E-state index contributed by atoms with van der Waals surface area (Å²) < 4.78 is 43.2. The molecule has 0 saturated carbocycles. The number of hydrogen-bond donors (Lipinski definition) is 1. The maximum absolute atomic E-state index is 12.7. The molecule has 2 aromatic carbocycles. The fourth-order valence-electron chi connectivity index (χ4n) is 3.47. The lowest BCUT2D eigenvalue weighted by Gasteiger charge is -2.12. The van der Waals surface area contributed by atoms with Crippen LogP contribution >= 0.6 is 0 Å². The van der Waals surface area contributed by atoms with Crippen LogP contribution < -0.4 is 15.9 Å². The molecule has 0 atom stereocenters. The summed E-state index contributed by atoms with van der Waals surface area (Å²) in [5.41, 5.74) is 8.62. The minimum absolute atomic E-state index is 0.0328. The van der Waals surface area contributed by atoms with Crippen molar-refractivity contribution < 1.29 is 17.9 Å². The van der Waals surface area contributed by atoms with Gasteiger partial charge in [0.1, 0.15) is 5.75 Å². The molecule has 0 unspecified atom stereocenters. The normalized spacial score (nSPS) is 12.2. The van der Waals surface area contributed by atoms with Gasteiger partial charge in [-0.2, -0.15) is 5.10 Å². The number of aryl methyl sites for hydroxylation is 1. The molecule has 0 radical (unpaired) electrons. The number of rotatable bonds is 6. The van der Waals surface area contributed by atoms with E-state index < -0.39 is 17.5 Å². The molecule has 0 fully saturated rings. The quantitative estimate of drug-likeness (QED) is 0.379. The van der Waals surface area contributed by atoms with Gasteiger partial charge in [-0.1, -0.05) is 18.2 Å². The number of nitrogens with zero attached hydrogens (tertiary/aromatic N) is 4. The first-order valence-corrected chi connectivity index (χ1v) is 10.7. The molecule has 2 aromatic heterocycles. The van der Waals surface area contributed by atoms with E-state index in [9.17, 15) is 18.0 Å². The molecule has 182 valence electrons. The SMILES string of the molecule is Cc1cc(-c2ccccn2)ccc1-n1ccc(=O)c(C(C=CN)=Nc2cccc(OC(F)(F)F)c2)n1. The van der Waals surface area contributed by atoms with Crippen LogP contribution in [-0.2, 0) is 0 Å². The fraction of sp³-hybridized carbons (Fsp3) is 0.0769. The van der Waals surface area contributed by atoms with Gasteiger partial charge in [-0.3, -0.25) is 9.78 Å². The number of benzene rings is 2. The lowest BCUT2D eigenvalue weighted by Crippen LogP contribution is -2.20. The van der Waals surface area contributed by atoms with Gasteiger partial charge in [0.2, 0.25) is 5.43 Å². The van der Waals surface area contributed by atoms with Crippen LogP contribution in [0, 0.1) is 6.92 Å². The Hall–Kier alpha value is -4.73. The van der Waals surface area contributed by atoms with Gasteiger partial charge in [-0.25, -0.2) is 9.67 Å². The number of halogens is 3. The van der Waals surface area contributed by atoms with E-state index in [1.165, 1.54) is 41.4 Å². The van der Waals surface area contributed by atoms with E-state index in [1.807, 2.05) is 43.3 Å². The molecule has 0 spiro atoms. The highest BCUT2D eigenvalue weighted by atomic mass is 19.4. The summed E-state index contributed by atoms with van der Waals surface area (Å²) in [6.45, 7) is 1.90. The molecule has 0 bridgehead atoms. The number of hydrogen-bond acceptors (Lipinski definition) is 6. The van der Waals surface area contributed by atoms with Crippen molar-refractivity contribution in [2.45, 2.75) is 13.3 Å². The van der Waals surface area contributed by atoms with Crippen LogP contribution in [0.25, 0.3) is 16.9 Å². The number of allylic oxidation sites excluding steroid dienone is 1. The van der Waals surface area contributed by atoms with Crippen LogP contribution in [-0.4, -0.2) is 26.8 Å². The zero-order chi connectivity index (χ0) is 25.7. The molecule has 10 heteroatoms. The first kappa shape index (κ1) is 24.4. The van der Waals surface area contributed by atoms with Crippen molar-refractivity contribution in [2.75, 3.05) is 0 Å². The Morgan fingerprint density at radius 1 is 1.08 bits per heavy atom. The first-order valence-electron chi connectivity index (χ1n) is 10.7. The second kappa shape index (κ2) is 10.3. The average Bonchev–Trinajstić information content (AvgIpc) is 2.84. The number of aliphatic imine (C=N–C) groups is 1. The molecule has 0 aliphatic carbocycles. The van der Waals surface area contributed by atoms with Crippen molar-refractivity contribution in [1.29, 1.82) is 0 Å². The van der Waals surface area contributed by atoms with Crippen molar-refractivity contribution >= 4 is 11.4 Å². The number of ether oxygens (including phenoxy) is 1. The Labute approximate surface area is 204 Å². The summed E-state index contributed by atoms with van der Waals surface area (Å²) >= 11 is 0. The summed E-state index contributed by atoms with van der Waals surface area (Å²) in [6.07, 6.45) is 0.907. The Bertz CT molecular complexity index is 1500. The van der Waals surface area contributed by atoms with E-state index >= 15 is 0 Å². The summed E-state index contributed by atoms with van der Waals surface area (Å²) in [6, 6.07) is 17.7. The Balaban J connectivity index is 1.73. The van der Waals surface area contributed by atoms with Gasteiger partial charge in [-0.05, 0) is 61.2 Å². The van der Waals surface area contributed by atoms with Gasteiger partial charge in [-0.15, -0.1) is 13.2 Å². The van der Waals surface area contributed by atoms with Crippen molar-refractivity contribution in [1.82, 2.24) is 14.8 Å². The maximum atomic E-state index is 12.7. The fourth-order valence-corrected chi connectivity index (χ4v) is 3.47. The van der Waals surface area contributed by atoms with Crippen LogP contribution in [0.4, 0.5) is 18.9 Å². The topological polar surface area (TPSA) is 95.4 Å². The van der Waals surface area contributed by atoms with Gasteiger partial charge in [0.25, 0.3) is 0 Å². The average molecular weight is 491 g/mol. The zero-order valence-corrected chi connectivity index (χ0v) is 19.0. The Morgan fingerprint density at radius 2 is 1.92 bits per heavy atom. The summed E-state index contributed by atoms with van der Waals surface area (Å²) in [5, 5.41) is 4.44. The van der Waals surface area contributed by atoms with Gasteiger partial charge >= 0.3 is 6.36 Å². The molecule has 0 aliphatic heterocycles. The number of alkyl halides is 3. The Kier molecular flexibility index (Phi) is 6.95. The third kappa shape index (κ3) is 5.84. The van der Waals surface area contributed by atoms with Crippen LogP contribution in [0.1, 0.15) is 11.3 Å². The van der Waals surface area contributed by atoms with Crippen molar-refractivity contribution in [3.05, 3.63) is 113 Å². The molecular formula is C26H20F3N5O2. The highest BCUT2D eigenvalue weighted by Crippen LogP contribution is 2.27. The van der Waals surface area contributed by atoms with Gasteiger partial charge < -0.3 is 10.5 Å². The highest BCUT2D eigenvalue weighted by Gasteiger charge is 2.31. The maximum Gasteiger partial charge on any atom is 0.573 e. The Morgan fingerprint density at radius 3 is 2.61 bits per heavy atom. The predicted molar refractivity (Wildman–Crippen MR) is 130 cm³/mol. The molecular weight excluding hydrogens is 471 g/mol. The van der Waals surface area contributed by atoms with E-state index in [0.717, 1.165) is 29.0 Å². The van der Waals surface area contributed by atoms with E-state index in [-0.39, 0.29) is 17.1 Å². The highest BCUT2D eigenvalue weighted by molar-refractivity contribution is 6.08. The third-order valence-corrected chi connectivity index (χ3v) is 5.01. The van der Waals surface area contributed by atoms with E-state index in [0.29, 0.717) is 5.69 Å². The van der Waals surface area contributed by atoms with E-state index in [2.05, 4.69) is 19.8 Å². The molecule has 2 N–H and O–H groups in total. The monoisotopic (exact) mass is 491 g/mol.